The highest BCUT2D eigenvalue weighted by molar-refractivity contribution is 7.12. The summed E-state index contributed by atoms with van der Waals surface area (Å²) in [6.45, 7) is 5.45. The van der Waals surface area contributed by atoms with E-state index in [0.717, 1.165) is 29.7 Å². The van der Waals surface area contributed by atoms with Crippen LogP contribution in [0.1, 0.15) is 41.9 Å². The lowest BCUT2D eigenvalue weighted by molar-refractivity contribution is 0.0665. The second-order valence-electron chi connectivity index (χ2n) is 5.09. The third kappa shape index (κ3) is 2.41. The maximum absolute atomic E-state index is 12.4. The van der Waals surface area contributed by atoms with E-state index in [4.69, 9.17) is 5.26 Å². The number of carbonyl (C=O) groups is 1. The van der Waals surface area contributed by atoms with Gasteiger partial charge in [-0.1, -0.05) is 6.92 Å². The van der Waals surface area contributed by atoms with Crippen molar-refractivity contribution in [3.05, 3.63) is 21.9 Å². The van der Waals surface area contributed by atoms with Crippen LogP contribution >= 0.6 is 11.3 Å². The van der Waals surface area contributed by atoms with E-state index in [0.29, 0.717) is 13.1 Å². The Bertz CT molecular complexity index is 478. The van der Waals surface area contributed by atoms with Gasteiger partial charge in [-0.3, -0.25) is 4.79 Å². The minimum Gasteiger partial charge on any atom is -0.338 e. The summed E-state index contributed by atoms with van der Waals surface area (Å²) in [6.07, 6.45) is 2.46. The van der Waals surface area contributed by atoms with Gasteiger partial charge in [0.15, 0.2) is 0 Å². The lowest BCUT2D eigenvalue weighted by atomic mass is 9.82. The van der Waals surface area contributed by atoms with Crippen LogP contribution in [-0.2, 0) is 6.42 Å². The zero-order valence-corrected chi connectivity index (χ0v) is 11.7. The zero-order chi connectivity index (χ0) is 13.2. The van der Waals surface area contributed by atoms with Crippen molar-refractivity contribution in [2.24, 2.45) is 5.41 Å². The average molecular weight is 262 g/mol. The molecule has 0 aromatic carbocycles. The third-order valence-corrected chi connectivity index (χ3v) is 4.69. The first-order chi connectivity index (χ1) is 8.59. The molecule has 0 N–H and O–H groups in total. The van der Waals surface area contributed by atoms with Crippen molar-refractivity contribution in [2.45, 2.75) is 33.1 Å². The van der Waals surface area contributed by atoms with E-state index >= 15 is 0 Å². The highest BCUT2D eigenvalue weighted by atomic mass is 32.1. The number of piperidine rings is 1. The molecule has 96 valence electrons. The van der Waals surface area contributed by atoms with Crippen molar-refractivity contribution in [1.29, 1.82) is 5.26 Å². The van der Waals surface area contributed by atoms with Gasteiger partial charge in [0.25, 0.3) is 5.91 Å². The Morgan fingerprint density at radius 2 is 2.22 bits per heavy atom. The van der Waals surface area contributed by atoms with Crippen molar-refractivity contribution in [1.82, 2.24) is 4.90 Å². The molecule has 2 heterocycles. The number of thiophene rings is 1. The monoisotopic (exact) mass is 262 g/mol. The van der Waals surface area contributed by atoms with Crippen LogP contribution in [0, 0.1) is 16.7 Å². The number of hydrogen-bond acceptors (Lipinski definition) is 3. The number of nitrogens with zero attached hydrogens (tertiary/aromatic N) is 2. The van der Waals surface area contributed by atoms with Crippen molar-refractivity contribution in [3.63, 3.8) is 0 Å². The van der Waals surface area contributed by atoms with E-state index in [-0.39, 0.29) is 11.3 Å². The molecule has 0 bridgehead atoms. The number of rotatable bonds is 2. The van der Waals surface area contributed by atoms with Crippen LogP contribution in [0.3, 0.4) is 0 Å². The Morgan fingerprint density at radius 1 is 1.56 bits per heavy atom. The SMILES string of the molecule is CCc1ccsc1C(=O)N1CCC(C)(C#N)CC1. The van der Waals surface area contributed by atoms with Crippen LogP contribution < -0.4 is 0 Å². The molecular formula is C14H18N2OS. The van der Waals surface area contributed by atoms with Gasteiger partial charge in [0.2, 0.25) is 0 Å². The van der Waals surface area contributed by atoms with Crippen LogP contribution in [-0.4, -0.2) is 23.9 Å². The van der Waals surface area contributed by atoms with Gasteiger partial charge in [-0.2, -0.15) is 5.26 Å². The molecule has 0 atom stereocenters. The molecule has 1 aromatic heterocycles. The van der Waals surface area contributed by atoms with Gasteiger partial charge in [-0.15, -0.1) is 11.3 Å². The lowest BCUT2D eigenvalue weighted by Crippen LogP contribution is -2.41. The Labute approximate surface area is 112 Å². The lowest BCUT2D eigenvalue weighted by Gasteiger charge is -2.34. The zero-order valence-electron chi connectivity index (χ0n) is 10.9. The van der Waals surface area contributed by atoms with Crippen LogP contribution in [0.25, 0.3) is 0 Å². The first-order valence-electron chi connectivity index (χ1n) is 6.36. The Morgan fingerprint density at radius 3 is 2.78 bits per heavy atom. The molecule has 0 unspecified atom stereocenters. The molecule has 2 rings (SSSR count). The van der Waals surface area contributed by atoms with Crippen LogP contribution in [0.15, 0.2) is 11.4 Å². The number of carbonyl (C=O) groups excluding carboxylic acids is 1. The molecule has 1 amide bonds. The molecule has 0 saturated carbocycles. The summed E-state index contributed by atoms with van der Waals surface area (Å²) in [7, 11) is 0. The van der Waals surface area contributed by atoms with E-state index in [1.807, 2.05) is 23.3 Å². The van der Waals surface area contributed by atoms with Gasteiger partial charge in [0, 0.05) is 13.1 Å². The summed E-state index contributed by atoms with van der Waals surface area (Å²) in [4.78, 5) is 15.2. The summed E-state index contributed by atoms with van der Waals surface area (Å²) in [5, 5.41) is 11.1. The Balaban J connectivity index is 2.07. The number of amides is 1. The number of hydrogen-bond donors (Lipinski definition) is 0. The summed E-state index contributed by atoms with van der Waals surface area (Å²) >= 11 is 1.53. The molecule has 1 aromatic rings. The summed E-state index contributed by atoms with van der Waals surface area (Å²) < 4.78 is 0. The minimum absolute atomic E-state index is 0.141. The standard InChI is InChI=1S/C14H18N2OS/c1-3-11-4-9-18-12(11)13(17)16-7-5-14(2,10-15)6-8-16/h4,9H,3,5-8H2,1-2H3. The van der Waals surface area contributed by atoms with Crippen LogP contribution in [0.4, 0.5) is 0 Å². The van der Waals surface area contributed by atoms with Gasteiger partial charge in [-0.05, 0) is 43.2 Å². The highest BCUT2D eigenvalue weighted by Gasteiger charge is 2.32. The quantitative estimate of drug-likeness (QED) is 0.822. The topological polar surface area (TPSA) is 44.1 Å². The largest absolute Gasteiger partial charge is 0.338 e. The molecule has 18 heavy (non-hydrogen) atoms. The average Bonchev–Trinajstić information content (AvgIpc) is 2.87. The van der Waals surface area contributed by atoms with Gasteiger partial charge in [-0.25, -0.2) is 0 Å². The highest BCUT2D eigenvalue weighted by Crippen LogP contribution is 2.31. The third-order valence-electron chi connectivity index (χ3n) is 3.75. The molecule has 1 fully saturated rings. The van der Waals surface area contributed by atoms with Crippen LogP contribution in [0.2, 0.25) is 0 Å². The first kappa shape index (κ1) is 13.1. The molecule has 4 heteroatoms. The summed E-state index contributed by atoms with van der Waals surface area (Å²) in [5.74, 6) is 0.141. The van der Waals surface area contributed by atoms with E-state index < -0.39 is 0 Å². The maximum Gasteiger partial charge on any atom is 0.264 e. The van der Waals surface area contributed by atoms with Crippen molar-refractivity contribution in [2.75, 3.05) is 13.1 Å². The number of aryl methyl sites for hydroxylation is 1. The smallest absolute Gasteiger partial charge is 0.264 e. The Kier molecular flexibility index (Phi) is 3.72. The van der Waals surface area contributed by atoms with E-state index in [1.165, 1.54) is 11.3 Å². The summed E-state index contributed by atoms with van der Waals surface area (Å²) in [5.41, 5.74) is 0.887. The van der Waals surface area contributed by atoms with Crippen molar-refractivity contribution in [3.8, 4) is 6.07 Å². The van der Waals surface area contributed by atoms with Crippen molar-refractivity contribution < 1.29 is 4.79 Å². The van der Waals surface area contributed by atoms with Crippen molar-refractivity contribution >= 4 is 17.2 Å². The van der Waals surface area contributed by atoms with Gasteiger partial charge < -0.3 is 4.90 Å². The van der Waals surface area contributed by atoms with E-state index in [1.54, 1.807) is 0 Å². The van der Waals surface area contributed by atoms with Gasteiger partial charge >= 0.3 is 0 Å². The molecule has 1 aliphatic rings. The fourth-order valence-electron chi connectivity index (χ4n) is 2.26. The Hall–Kier alpha value is -1.34. The fraction of sp³-hybridized carbons (Fsp3) is 0.571. The second kappa shape index (κ2) is 5.11. The fourth-order valence-corrected chi connectivity index (χ4v) is 3.22. The van der Waals surface area contributed by atoms with E-state index in [2.05, 4.69) is 13.0 Å². The molecule has 0 radical (unpaired) electrons. The molecular weight excluding hydrogens is 244 g/mol. The molecule has 0 spiro atoms. The molecule has 0 aliphatic carbocycles. The van der Waals surface area contributed by atoms with E-state index in [9.17, 15) is 4.79 Å². The molecule has 3 nitrogen and oxygen atoms in total. The number of likely N-dealkylation sites (tertiary alicyclic amines) is 1. The maximum atomic E-state index is 12.4. The predicted molar refractivity (Wildman–Crippen MR) is 72.6 cm³/mol. The second-order valence-corrected chi connectivity index (χ2v) is 6.01. The summed E-state index contributed by atoms with van der Waals surface area (Å²) in [6, 6.07) is 4.39. The first-order valence-corrected chi connectivity index (χ1v) is 7.24. The van der Waals surface area contributed by atoms with Crippen LogP contribution in [0.5, 0.6) is 0 Å². The normalized spacial score (nSPS) is 18.4. The van der Waals surface area contributed by atoms with Gasteiger partial charge in [0.05, 0.1) is 16.4 Å². The van der Waals surface area contributed by atoms with Gasteiger partial charge in [0.1, 0.15) is 0 Å². The minimum atomic E-state index is -0.250. The molecule has 1 saturated heterocycles. The molecule has 1 aliphatic heterocycles. The predicted octanol–water partition coefficient (Wildman–Crippen LogP) is 3.08. The number of nitriles is 1.